The molecule has 0 spiro atoms. The van der Waals surface area contributed by atoms with Crippen molar-refractivity contribution >= 4 is 17.6 Å². The molecule has 37 heavy (non-hydrogen) atoms. The number of benzene rings is 2. The highest BCUT2D eigenvalue weighted by atomic mass is 35.5. The Morgan fingerprint density at radius 3 is 2.35 bits per heavy atom. The van der Waals surface area contributed by atoms with E-state index in [-0.39, 0.29) is 24.9 Å². The highest BCUT2D eigenvalue weighted by Gasteiger charge is 2.30. The van der Waals surface area contributed by atoms with Gasteiger partial charge in [-0.1, -0.05) is 42.6 Å². The van der Waals surface area contributed by atoms with E-state index in [1.54, 1.807) is 37.4 Å². The maximum atomic E-state index is 12.5. The lowest BCUT2D eigenvalue weighted by Gasteiger charge is -2.31. The van der Waals surface area contributed by atoms with E-state index >= 15 is 0 Å². The van der Waals surface area contributed by atoms with Gasteiger partial charge in [0.15, 0.2) is 23.3 Å². The summed E-state index contributed by atoms with van der Waals surface area (Å²) in [5.41, 5.74) is 1.60. The van der Waals surface area contributed by atoms with Crippen molar-refractivity contribution in [2.75, 3.05) is 20.3 Å². The van der Waals surface area contributed by atoms with Gasteiger partial charge in [0, 0.05) is 30.2 Å². The molecule has 3 N–H and O–H groups in total. The number of ether oxygens (including phenoxy) is 2. The number of carbonyl (C=O) groups is 1. The van der Waals surface area contributed by atoms with E-state index in [1.807, 2.05) is 17.0 Å². The van der Waals surface area contributed by atoms with E-state index in [0.29, 0.717) is 41.1 Å². The average molecular weight is 529 g/mol. The third kappa shape index (κ3) is 6.70. The summed E-state index contributed by atoms with van der Waals surface area (Å²) in [7, 11) is 1.56. The predicted molar refractivity (Wildman–Crippen MR) is 140 cm³/mol. The van der Waals surface area contributed by atoms with Gasteiger partial charge in [-0.05, 0) is 54.2 Å². The summed E-state index contributed by atoms with van der Waals surface area (Å²) in [5.74, 6) is 0.521. The Bertz CT molecular complexity index is 1170. The molecule has 2 aromatic carbocycles. The molecule has 1 saturated carbocycles. The van der Waals surface area contributed by atoms with Crippen LogP contribution in [0.5, 0.6) is 23.3 Å². The fourth-order valence-corrected chi connectivity index (χ4v) is 5.15. The largest absolute Gasteiger partial charge is 0.494 e. The Morgan fingerprint density at radius 1 is 1.05 bits per heavy atom. The molecule has 9 heteroatoms. The van der Waals surface area contributed by atoms with E-state index in [0.717, 1.165) is 18.4 Å². The van der Waals surface area contributed by atoms with Crippen LogP contribution in [0.2, 0.25) is 5.02 Å². The smallest absolute Gasteiger partial charge is 0.325 e. The molecular formula is C28H33ClN2O6. The summed E-state index contributed by atoms with van der Waals surface area (Å²) in [6, 6.07) is 14.6. The molecule has 0 bridgehead atoms. The van der Waals surface area contributed by atoms with Crippen molar-refractivity contribution in [1.29, 1.82) is 0 Å². The molecule has 3 aromatic rings. The summed E-state index contributed by atoms with van der Waals surface area (Å²) in [6.07, 6.45) is 4.56. The minimum Gasteiger partial charge on any atom is -0.494 e. The van der Waals surface area contributed by atoms with Gasteiger partial charge in [-0.2, -0.15) is 0 Å². The molecule has 1 aliphatic carbocycles. The summed E-state index contributed by atoms with van der Waals surface area (Å²) in [6.45, 7) is 1.57. The molecule has 1 aromatic heterocycles. The van der Waals surface area contributed by atoms with Crippen LogP contribution in [0.1, 0.15) is 42.9 Å². The number of hydrogen-bond donors (Lipinski definition) is 3. The maximum absolute atomic E-state index is 12.5. The summed E-state index contributed by atoms with van der Waals surface area (Å²) < 4.78 is 12.8. The molecule has 4 rings (SSSR count). The first-order valence-electron chi connectivity index (χ1n) is 12.4. The van der Waals surface area contributed by atoms with Crippen molar-refractivity contribution < 1.29 is 29.6 Å². The van der Waals surface area contributed by atoms with Gasteiger partial charge in [-0.15, -0.1) is 0 Å². The van der Waals surface area contributed by atoms with Crippen LogP contribution in [0, 0.1) is 5.92 Å². The van der Waals surface area contributed by atoms with Crippen molar-refractivity contribution in [1.82, 2.24) is 9.47 Å². The number of hydrogen-bond acceptors (Lipinski definition) is 6. The number of rotatable bonds is 12. The first kappa shape index (κ1) is 26.7. The second-order valence-electron chi connectivity index (χ2n) is 9.41. The minimum absolute atomic E-state index is 0.0422. The topological polar surface area (TPSA) is 104 Å². The van der Waals surface area contributed by atoms with Crippen molar-refractivity contribution in [2.45, 2.75) is 44.8 Å². The molecule has 1 fully saturated rings. The van der Waals surface area contributed by atoms with Gasteiger partial charge in [0.05, 0.1) is 13.7 Å². The molecule has 0 amide bonds. The van der Waals surface area contributed by atoms with Crippen molar-refractivity contribution in [3.8, 4) is 23.3 Å². The number of aromatic nitrogens is 1. The number of aliphatic carboxylic acids is 1. The number of methoxy groups -OCH3 is 1. The first-order chi connectivity index (χ1) is 17.9. The van der Waals surface area contributed by atoms with Crippen molar-refractivity contribution in [3.63, 3.8) is 0 Å². The van der Waals surface area contributed by atoms with Crippen LogP contribution in [0.3, 0.4) is 0 Å². The fraction of sp³-hybridized carbons (Fsp3) is 0.393. The van der Waals surface area contributed by atoms with Gasteiger partial charge < -0.3 is 24.8 Å². The molecule has 1 aliphatic rings. The standard InChI is InChI=1S/C28H33ClN2O6/c1-36-24-16-20(6-11-23(24)37-15-14-31-25(32)12-13-26(31)33)18-30(17-19-4-2-3-5-19)27(28(34)35)21-7-9-22(29)10-8-21/h6-13,16,19,27,32-33H,2-5,14-15,17-18H2,1H3,(H,34,35). The summed E-state index contributed by atoms with van der Waals surface area (Å²) >= 11 is 6.06. The monoisotopic (exact) mass is 528 g/mol. The van der Waals surface area contributed by atoms with Gasteiger partial charge in [0.2, 0.25) is 0 Å². The number of carboxylic acids is 1. The minimum atomic E-state index is -0.899. The quantitative estimate of drug-likeness (QED) is 0.287. The second kappa shape index (κ2) is 12.3. The zero-order valence-corrected chi connectivity index (χ0v) is 21.6. The molecule has 0 aliphatic heterocycles. The lowest BCUT2D eigenvalue weighted by atomic mass is 10.0. The van der Waals surface area contributed by atoms with Gasteiger partial charge >= 0.3 is 5.97 Å². The molecule has 0 saturated heterocycles. The Kier molecular flexibility index (Phi) is 8.84. The lowest BCUT2D eigenvalue weighted by molar-refractivity contribution is -0.144. The van der Waals surface area contributed by atoms with Crippen molar-refractivity contribution in [3.05, 3.63) is 70.7 Å². The maximum Gasteiger partial charge on any atom is 0.325 e. The fourth-order valence-electron chi connectivity index (χ4n) is 5.03. The van der Waals surface area contributed by atoms with E-state index in [1.165, 1.54) is 29.5 Å². The SMILES string of the molecule is COc1cc(CN(CC2CCCC2)C(C(=O)O)c2ccc(Cl)cc2)ccc1OCCn1c(O)ccc1O. The van der Waals surface area contributed by atoms with Gasteiger partial charge in [-0.25, -0.2) is 0 Å². The van der Waals surface area contributed by atoms with Gasteiger partial charge in [0.1, 0.15) is 12.6 Å². The molecule has 198 valence electrons. The van der Waals surface area contributed by atoms with Crippen LogP contribution in [-0.2, 0) is 17.9 Å². The molecular weight excluding hydrogens is 496 g/mol. The second-order valence-corrected chi connectivity index (χ2v) is 9.84. The van der Waals surface area contributed by atoms with Gasteiger partial charge in [0.25, 0.3) is 0 Å². The number of carboxylic acid groups (broad SMARTS) is 1. The Labute approximate surface area is 221 Å². The van der Waals surface area contributed by atoms with Crippen LogP contribution in [-0.4, -0.2) is 51.0 Å². The average Bonchev–Trinajstić information content (AvgIpc) is 3.50. The van der Waals surface area contributed by atoms with Crippen LogP contribution >= 0.6 is 11.6 Å². The van der Waals surface area contributed by atoms with E-state index in [4.69, 9.17) is 21.1 Å². The van der Waals surface area contributed by atoms with E-state index in [9.17, 15) is 20.1 Å². The Morgan fingerprint density at radius 2 is 1.73 bits per heavy atom. The molecule has 0 radical (unpaired) electrons. The zero-order chi connectivity index (χ0) is 26.4. The van der Waals surface area contributed by atoms with E-state index < -0.39 is 12.0 Å². The Hall–Kier alpha value is -3.36. The number of nitrogens with zero attached hydrogens (tertiary/aromatic N) is 2. The first-order valence-corrected chi connectivity index (χ1v) is 12.8. The summed E-state index contributed by atoms with van der Waals surface area (Å²) in [4.78, 5) is 14.5. The van der Waals surface area contributed by atoms with Crippen LogP contribution < -0.4 is 9.47 Å². The van der Waals surface area contributed by atoms with Crippen LogP contribution in [0.15, 0.2) is 54.6 Å². The van der Waals surface area contributed by atoms with Gasteiger partial charge in [-0.3, -0.25) is 14.3 Å². The molecule has 8 nitrogen and oxygen atoms in total. The zero-order valence-electron chi connectivity index (χ0n) is 20.8. The molecule has 1 unspecified atom stereocenters. The predicted octanol–water partition coefficient (Wildman–Crippen LogP) is 5.46. The number of halogens is 1. The molecule has 1 atom stereocenters. The number of aromatic hydroxyl groups is 2. The third-order valence-corrected chi connectivity index (χ3v) is 7.12. The normalized spacial score (nSPS) is 14.7. The highest BCUT2D eigenvalue weighted by molar-refractivity contribution is 6.30. The highest BCUT2D eigenvalue weighted by Crippen LogP contribution is 2.34. The summed E-state index contributed by atoms with van der Waals surface area (Å²) in [5, 5.41) is 30.4. The van der Waals surface area contributed by atoms with Crippen LogP contribution in [0.25, 0.3) is 0 Å². The van der Waals surface area contributed by atoms with E-state index in [2.05, 4.69) is 0 Å². The van der Waals surface area contributed by atoms with Crippen molar-refractivity contribution in [2.24, 2.45) is 5.92 Å². The van der Waals surface area contributed by atoms with Crippen LogP contribution in [0.4, 0.5) is 0 Å². The lowest BCUT2D eigenvalue weighted by Crippen LogP contribution is -2.36. The Balaban J connectivity index is 1.52. The molecule has 1 heterocycles. The third-order valence-electron chi connectivity index (χ3n) is 6.87.